The molecule has 8 nitrogen and oxygen atoms in total. The van der Waals surface area contributed by atoms with Crippen LogP contribution in [0.25, 0.3) is 22.8 Å². The molecule has 9 heteroatoms. The number of nitrogens with zero attached hydrogens (tertiary/aromatic N) is 4. The summed E-state index contributed by atoms with van der Waals surface area (Å²) in [4.78, 5) is 42.5. The van der Waals surface area contributed by atoms with E-state index < -0.39 is 17.2 Å². The molecule has 2 aromatic heterocycles. The zero-order valence-electron chi connectivity index (χ0n) is 18.8. The molecule has 2 heterocycles. The van der Waals surface area contributed by atoms with Crippen molar-refractivity contribution in [3.8, 4) is 0 Å². The molecule has 0 aliphatic carbocycles. The van der Waals surface area contributed by atoms with Crippen molar-refractivity contribution in [2.75, 3.05) is 6.61 Å². The zero-order chi connectivity index (χ0) is 24.2. The predicted molar refractivity (Wildman–Crippen MR) is 132 cm³/mol. The van der Waals surface area contributed by atoms with Crippen molar-refractivity contribution >= 4 is 40.4 Å². The zero-order valence-corrected chi connectivity index (χ0v) is 19.5. The van der Waals surface area contributed by atoms with E-state index in [-0.39, 0.29) is 13.2 Å². The van der Waals surface area contributed by atoms with Gasteiger partial charge in [0.15, 0.2) is 11.2 Å². The van der Waals surface area contributed by atoms with Gasteiger partial charge in [0.05, 0.1) is 18.5 Å². The molecule has 34 heavy (non-hydrogen) atoms. The SMILES string of the molecule is Cn1cnc2c1c(=O)n(CCCOC(=O)/C(=C/c1ccccc1)c1ccc(Cl)cc1)c(=O)n2C. The van der Waals surface area contributed by atoms with Crippen molar-refractivity contribution in [2.24, 2.45) is 14.1 Å². The number of ether oxygens (including phenoxy) is 1. The van der Waals surface area contributed by atoms with Gasteiger partial charge < -0.3 is 9.30 Å². The minimum atomic E-state index is -0.506. The van der Waals surface area contributed by atoms with E-state index in [0.717, 1.165) is 10.1 Å². The molecule has 0 unspecified atom stereocenters. The molecule has 0 amide bonds. The molecule has 0 radical (unpaired) electrons. The molecule has 0 aliphatic heterocycles. The summed E-state index contributed by atoms with van der Waals surface area (Å²) in [6, 6.07) is 16.4. The maximum absolute atomic E-state index is 12.9. The van der Waals surface area contributed by atoms with Crippen LogP contribution in [-0.2, 0) is 30.2 Å². The summed E-state index contributed by atoms with van der Waals surface area (Å²) in [6.45, 7) is 0.149. The summed E-state index contributed by atoms with van der Waals surface area (Å²) in [5, 5.41) is 0.564. The van der Waals surface area contributed by atoms with Gasteiger partial charge in [-0.1, -0.05) is 54.1 Å². The fourth-order valence-electron chi connectivity index (χ4n) is 3.66. The molecule has 4 aromatic rings. The molecule has 0 saturated heterocycles. The van der Waals surface area contributed by atoms with Gasteiger partial charge in [0.1, 0.15) is 0 Å². The van der Waals surface area contributed by atoms with Crippen LogP contribution in [0.2, 0.25) is 5.02 Å². The number of hydrogen-bond acceptors (Lipinski definition) is 5. The topological polar surface area (TPSA) is 88.1 Å². The average molecular weight is 479 g/mol. The largest absolute Gasteiger partial charge is 0.462 e. The van der Waals surface area contributed by atoms with E-state index >= 15 is 0 Å². The third kappa shape index (κ3) is 4.72. The molecule has 0 saturated carbocycles. The molecule has 174 valence electrons. The van der Waals surface area contributed by atoms with Crippen LogP contribution in [-0.4, -0.2) is 31.3 Å². The van der Waals surface area contributed by atoms with Crippen molar-refractivity contribution in [3.63, 3.8) is 0 Å². The van der Waals surface area contributed by atoms with E-state index in [1.807, 2.05) is 30.3 Å². The second-order valence-electron chi connectivity index (χ2n) is 7.79. The highest BCUT2D eigenvalue weighted by Crippen LogP contribution is 2.22. The number of aryl methyl sites for hydroxylation is 2. The summed E-state index contributed by atoms with van der Waals surface area (Å²) in [6.07, 6.45) is 3.54. The Bertz CT molecular complexity index is 1480. The molecular weight excluding hydrogens is 456 g/mol. The van der Waals surface area contributed by atoms with Crippen molar-refractivity contribution in [1.82, 2.24) is 18.7 Å². The van der Waals surface area contributed by atoms with Crippen LogP contribution in [0.3, 0.4) is 0 Å². The fraction of sp³-hybridized carbons (Fsp3) is 0.200. The maximum atomic E-state index is 12.9. The van der Waals surface area contributed by atoms with Gasteiger partial charge in [-0.15, -0.1) is 0 Å². The number of imidazole rings is 1. The lowest BCUT2D eigenvalue weighted by Gasteiger charge is -2.11. The predicted octanol–water partition coefficient (Wildman–Crippen LogP) is 3.26. The number of benzene rings is 2. The standard InChI is InChI=1S/C25H23ClN4O4/c1-28-16-27-22-21(28)23(31)30(25(33)29(22)2)13-6-14-34-24(32)20(15-17-7-4-3-5-8-17)18-9-11-19(26)12-10-18/h3-5,7-12,15-16H,6,13-14H2,1-2H3/b20-15+. The monoisotopic (exact) mass is 478 g/mol. The Morgan fingerprint density at radius 1 is 1.06 bits per heavy atom. The van der Waals surface area contributed by atoms with Gasteiger partial charge >= 0.3 is 11.7 Å². The van der Waals surface area contributed by atoms with Crippen LogP contribution in [0, 0.1) is 0 Å². The highest BCUT2D eigenvalue weighted by molar-refractivity contribution is 6.30. The summed E-state index contributed by atoms with van der Waals surface area (Å²) in [5.74, 6) is -0.506. The minimum absolute atomic E-state index is 0.0393. The number of hydrogen-bond donors (Lipinski definition) is 0. The summed E-state index contributed by atoms with van der Waals surface area (Å²) < 4.78 is 9.56. The molecule has 0 spiro atoms. The van der Waals surface area contributed by atoms with Gasteiger partial charge in [-0.2, -0.15) is 0 Å². The second-order valence-corrected chi connectivity index (χ2v) is 8.23. The summed E-state index contributed by atoms with van der Waals surface area (Å²) in [5.41, 5.74) is 1.69. The minimum Gasteiger partial charge on any atom is -0.462 e. The fourth-order valence-corrected chi connectivity index (χ4v) is 3.79. The van der Waals surface area contributed by atoms with E-state index in [9.17, 15) is 14.4 Å². The molecule has 2 aromatic carbocycles. The number of halogens is 1. The first-order valence-corrected chi connectivity index (χ1v) is 11.1. The van der Waals surface area contributed by atoms with E-state index in [2.05, 4.69) is 4.98 Å². The van der Waals surface area contributed by atoms with E-state index in [0.29, 0.717) is 33.7 Å². The quantitative estimate of drug-likeness (QED) is 0.176. The molecule has 0 fully saturated rings. The van der Waals surface area contributed by atoms with Crippen LogP contribution < -0.4 is 11.2 Å². The lowest BCUT2D eigenvalue weighted by atomic mass is 10.0. The Labute approximate surface area is 200 Å². The van der Waals surface area contributed by atoms with Crippen LogP contribution in [0.5, 0.6) is 0 Å². The Morgan fingerprint density at radius 3 is 2.47 bits per heavy atom. The van der Waals surface area contributed by atoms with Crippen molar-refractivity contribution < 1.29 is 9.53 Å². The number of carbonyl (C=O) groups is 1. The van der Waals surface area contributed by atoms with Crippen LogP contribution in [0.1, 0.15) is 17.5 Å². The molecule has 0 atom stereocenters. The van der Waals surface area contributed by atoms with E-state index in [4.69, 9.17) is 16.3 Å². The third-order valence-electron chi connectivity index (χ3n) is 5.45. The number of carbonyl (C=O) groups excluding carboxylic acids is 1. The first-order valence-electron chi connectivity index (χ1n) is 10.7. The van der Waals surface area contributed by atoms with Gasteiger partial charge in [-0.05, 0) is 35.8 Å². The first kappa shape index (κ1) is 23.3. The first-order chi connectivity index (χ1) is 16.4. The number of rotatable bonds is 7. The lowest BCUT2D eigenvalue weighted by Crippen LogP contribution is -2.39. The Hall–Kier alpha value is -3.91. The highest BCUT2D eigenvalue weighted by Gasteiger charge is 2.16. The highest BCUT2D eigenvalue weighted by atomic mass is 35.5. The van der Waals surface area contributed by atoms with Crippen molar-refractivity contribution in [2.45, 2.75) is 13.0 Å². The third-order valence-corrected chi connectivity index (χ3v) is 5.70. The Morgan fingerprint density at radius 2 is 1.76 bits per heavy atom. The normalized spacial score (nSPS) is 11.7. The molecule has 0 aliphatic rings. The molecule has 0 N–H and O–H groups in total. The van der Waals surface area contributed by atoms with Crippen molar-refractivity contribution in [1.29, 1.82) is 0 Å². The van der Waals surface area contributed by atoms with Gasteiger partial charge in [-0.25, -0.2) is 14.6 Å². The van der Waals surface area contributed by atoms with Crippen LogP contribution in [0.4, 0.5) is 0 Å². The van der Waals surface area contributed by atoms with Gasteiger partial charge in [0.25, 0.3) is 5.56 Å². The summed E-state index contributed by atoms with van der Waals surface area (Å²) >= 11 is 6.00. The maximum Gasteiger partial charge on any atom is 0.338 e. The van der Waals surface area contributed by atoms with E-state index in [1.54, 1.807) is 49.0 Å². The smallest absolute Gasteiger partial charge is 0.338 e. The Balaban J connectivity index is 1.50. The number of fused-ring (bicyclic) bond motifs is 1. The van der Waals surface area contributed by atoms with Gasteiger partial charge in [0, 0.05) is 25.7 Å². The molecular formula is C25H23ClN4O4. The molecule has 4 rings (SSSR count). The number of aromatic nitrogens is 4. The van der Waals surface area contributed by atoms with Crippen LogP contribution >= 0.6 is 11.6 Å². The van der Waals surface area contributed by atoms with Gasteiger partial charge in [0.2, 0.25) is 0 Å². The average Bonchev–Trinajstić information content (AvgIpc) is 3.23. The number of esters is 1. The summed E-state index contributed by atoms with van der Waals surface area (Å²) in [7, 11) is 3.27. The van der Waals surface area contributed by atoms with E-state index in [1.165, 1.54) is 10.9 Å². The van der Waals surface area contributed by atoms with Gasteiger partial charge in [-0.3, -0.25) is 13.9 Å². The molecule has 0 bridgehead atoms. The lowest BCUT2D eigenvalue weighted by molar-refractivity contribution is -0.136. The Kier molecular flexibility index (Phi) is 6.79. The van der Waals surface area contributed by atoms with Crippen LogP contribution in [0.15, 0.2) is 70.5 Å². The van der Waals surface area contributed by atoms with Crippen molar-refractivity contribution in [3.05, 3.63) is 97.9 Å². The second kappa shape index (κ2) is 9.93.